The second-order valence-corrected chi connectivity index (χ2v) is 8.56. The maximum Gasteiger partial charge on any atom is 0.371 e. The zero-order chi connectivity index (χ0) is 28.6. The van der Waals surface area contributed by atoms with Gasteiger partial charge in [-0.25, -0.2) is 19.4 Å². The first-order valence-corrected chi connectivity index (χ1v) is 11.8. The zero-order valence-corrected chi connectivity index (χ0v) is 21.0. The molecule has 0 amide bonds. The minimum Gasteiger partial charge on any atom is -0.477 e. The Morgan fingerprint density at radius 3 is 2.28 bits per heavy atom. The van der Waals surface area contributed by atoms with Crippen molar-refractivity contribution in [2.45, 2.75) is 33.2 Å². The molecule has 39 heavy (non-hydrogen) atoms. The van der Waals surface area contributed by atoms with Crippen LogP contribution < -0.4 is 22.1 Å². The highest BCUT2D eigenvalue weighted by Crippen LogP contribution is 2.28. The van der Waals surface area contributed by atoms with E-state index in [9.17, 15) is 39.0 Å². The van der Waals surface area contributed by atoms with Crippen molar-refractivity contribution in [1.82, 2.24) is 24.1 Å². The fourth-order valence-corrected chi connectivity index (χ4v) is 4.38. The molecule has 0 aliphatic heterocycles. The molecule has 0 radical (unpaired) electrons. The molecule has 1 aromatic carbocycles. The predicted octanol–water partition coefficient (Wildman–Crippen LogP) is 1.43. The lowest BCUT2D eigenvalue weighted by Crippen LogP contribution is -2.22. The van der Waals surface area contributed by atoms with Crippen LogP contribution >= 0.6 is 0 Å². The van der Waals surface area contributed by atoms with E-state index in [1.165, 1.54) is 17.0 Å². The van der Waals surface area contributed by atoms with Gasteiger partial charge < -0.3 is 23.8 Å². The first kappa shape index (κ1) is 26.8. The van der Waals surface area contributed by atoms with Gasteiger partial charge in [-0.1, -0.05) is 13.3 Å². The third-order valence-electron chi connectivity index (χ3n) is 6.04. The van der Waals surface area contributed by atoms with Crippen LogP contribution in [0, 0.1) is 0 Å². The third-order valence-corrected chi connectivity index (χ3v) is 6.04. The van der Waals surface area contributed by atoms with Crippen molar-refractivity contribution in [2.24, 2.45) is 7.05 Å². The molecular weight excluding hydrogens is 514 g/mol. The predicted molar refractivity (Wildman–Crippen MR) is 140 cm³/mol. The van der Waals surface area contributed by atoms with E-state index in [0.29, 0.717) is 29.6 Å². The van der Waals surface area contributed by atoms with E-state index in [2.05, 4.69) is 15.0 Å². The summed E-state index contributed by atoms with van der Waals surface area (Å²) in [5.74, 6) is -3.15. The molecule has 14 heteroatoms. The van der Waals surface area contributed by atoms with E-state index >= 15 is 0 Å². The monoisotopic (exact) mass is 537 g/mol. The van der Waals surface area contributed by atoms with Crippen LogP contribution in [0.3, 0.4) is 0 Å². The molecule has 0 atom stereocenters. The molecule has 5 rings (SSSR count). The Kier molecular flexibility index (Phi) is 7.03. The maximum absolute atomic E-state index is 12.6. The number of nitrogens with zero attached hydrogens (tertiary/aromatic N) is 3. The van der Waals surface area contributed by atoms with Crippen LogP contribution in [0.1, 0.15) is 46.9 Å². The lowest BCUT2D eigenvalue weighted by atomic mass is 10.00. The van der Waals surface area contributed by atoms with E-state index in [4.69, 9.17) is 4.42 Å². The van der Waals surface area contributed by atoms with Crippen LogP contribution in [0.15, 0.2) is 48.1 Å². The number of carboxylic acids is 2. The van der Waals surface area contributed by atoms with Crippen molar-refractivity contribution in [1.29, 1.82) is 0 Å². The topological polar surface area (TPSA) is 210 Å². The second-order valence-electron chi connectivity index (χ2n) is 8.56. The third kappa shape index (κ3) is 4.74. The smallest absolute Gasteiger partial charge is 0.371 e. The number of imidazole rings is 1. The van der Waals surface area contributed by atoms with Crippen molar-refractivity contribution in [2.75, 3.05) is 0 Å². The Labute approximate surface area is 216 Å². The van der Waals surface area contributed by atoms with Gasteiger partial charge >= 0.3 is 17.6 Å². The van der Waals surface area contributed by atoms with Crippen molar-refractivity contribution < 1.29 is 24.2 Å². The van der Waals surface area contributed by atoms with Crippen molar-refractivity contribution in [3.63, 3.8) is 0 Å². The molecule has 202 valence electrons. The molecule has 0 unspecified atom stereocenters. The van der Waals surface area contributed by atoms with E-state index in [1.807, 2.05) is 6.92 Å². The number of nitrogens with one attached hydrogen (secondary N) is 2. The van der Waals surface area contributed by atoms with Gasteiger partial charge in [0.1, 0.15) is 16.9 Å². The Bertz CT molecular complexity index is 2020. The summed E-state index contributed by atoms with van der Waals surface area (Å²) in [6, 6.07) is 3.25. The minimum atomic E-state index is -1.39. The SMILES string of the molecule is CCCc1c2oc(C(=O)O)cc(=O)c2cc2c(=O)cc(C(=O)O)n(CC)c12.Cn1cnc2c(=O)[nH]c(=O)[nH]c21. The van der Waals surface area contributed by atoms with Gasteiger partial charge in [-0.05, 0) is 19.4 Å². The number of pyridine rings is 1. The summed E-state index contributed by atoms with van der Waals surface area (Å²) in [6.07, 6.45) is 2.46. The lowest BCUT2D eigenvalue weighted by molar-refractivity contribution is 0.0659. The average molecular weight is 537 g/mol. The van der Waals surface area contributed by atoms with Crippen molar-refractivity contribution in [3.8, 4) is 0 Å². The van der Waals surface area contributed by atoms with Crippen LogP contribution in [0.5, 0.6) is 0 Å². The first-order chi connectivity index (χ1) is 18.5. The number of aryl methyl sites for hydroxylation is 3. The second kappa shape index (κ2) is 10.2. The summed E-state index contributed by atoms with van der Waals surface area (Å²) in [7, 11) is 1.70. The molecular formula is C25H23N5O9. The van der Waals surface area contributed by atoms with Crippen LogP contribution in [-0.2, 0) is 20.0 Å². The van der Waals surface area contributed by atoms with E-state index in [1.54, 1.807) is 18.5 Å². The highest BCUT2D eigenvalue weighted by Gasteiger charge is 2.21. The number of benzene rings is 1. The minimum absolute atomic E-state index is 0.0680. The number of hydrogen-bond donors (Lipinski definition) is 4. The normalized spacial score (nSPS) is 11.1. The molecule has 14 nitrogen and oxygen atoms in total. The summed E-state index contributed by atoms with van der Waals surface area (Å²) in [5, 5.41) is 19.0. The van der Waals surface area contributed by atoms with Gasteiger partial charge in [0, 0.05) is 36.7 Å². The Balaban J connectivity index is 0.000000243. The van der Waals surface area contributed by atoms with Gasteiger partial charge in [-0.2, -0.15) is 0 Å². The molecule has 4 N–H and O–H groups in total. The number of carboxylic acid groups (broad SMARTS) is 2. The van der Waals surface area contributed by atoms with Gasteiger partial charge in [-0.3, -0.25) is 24.4 Å². The number of rotatable bonds is 5. The summed E-state index contributed by atoms with van der Waals surface area (Å²) >= 11 is 0. The molecule has 0 fully saturated rings. The molecule has 0 aliphatic carbocycles. The highest BCUT2D eigenvalue weighted by molar-refractivity contribution is 6.01. The summed E-state index contributed by atoms with van der Waals surface area (Å²) < 4.78 is 8.52. The largest absolute Gasteiger partial charge is 0.477 e. The first-order valence-electron chi connectivity index (χ1n) is 11.8. The lowest BCUT2D eigenvalue weighted by Gasteiger charge is -2.17. The van der Waals surface area contributed by atoms with Crippen molar-refractivity contribution in [3.05, 3.63) is 82.8 Å². The molecule has 0 spiro atoms. The molecule has 0 saturated heterocycles. The molecule has 0 aliphatic rings. The molecule has 0 saturated carbocycles. The van der Waals surface area contributed by atoms with Crippen LogP contribution in [0.25, 0.3) is 33.0 Å². The summed E-state index contributed by atoms with van der Waals surface area (Å²) in [4.78, 5) is 78.1. The molecule has 4 heterocycles. The van der Waals surface area contributed by atoms with Crippen LogP contribution in [0.2, 0.25) is 0 Å². The van der Waals surface area contributed by atoms with Gasteiger partial charge in [0.05, 0.1) is 17.2 Å². The number of hydrogen-bond acceptors (Lipinski definition) is 8. The average Bonchev–Trinajstić information content (AvgIpc) is 3.25. The maximum atomic E-state index is 12.6. The van der Waals surface area contributed by atoms with E-state index in [-0.39, 0.29) is 34.1 Å². The quantitative estimate of drug-likeness (QED) is 0.237. The van der Waals surface area contributed by atoms with E-state index < -0.39 is 39.8 Å². The van der Waals surface area contributed by atoms with Gasteiger partial charge in [0.2, 0.25) is 5.76 Å². The Morgan fingerprint density at radius 1 is 0.974 bits per heavy atom. The van der Waals surface area contributed by atoms with Crippen molar-refractivity contribution >= 4 is 45.0 Å². The number of fused-ring (bicyclic) bond motifs is 3. The number of aromatic amines is 2. The fraction of sp³-hybridized carbons (Fsp3) is 0.240. The molecule has 0 bridgehead atoms. The standard InChI is InChI=1S/C19H17NO7.C6H6N4O2/c1-3-5-9-16-10(13(21)7-12(18(23)24)20(16)4-2)6-11-14(22)8-15(19(25)26)27-17(9)11;1-10-2-7-3-4(10)8-6(12)9-5(3)11/h6-8H,3-5H2,1-2H3,(H,23,24)(H,25,26);2H,1H3,(H2,8,9,11,12). The Hall–Kier alpha value is -5.27. The highest BCUT2D eigenvalue weighted by atomic mass is 16.4. The molecule has 4 aromatic heterocycles. The summed E-state index contributed by atoms with van der Waals surface area (Å²) in [6.45, 7) is 3.88. The van der Waals surface area contributed by atoms with Gasteiger partial charge in [-0.15, -0.1) is 0 Å². The summed E-state index contributed by atoms with van der Waals surface area (Å²) in [5.41, 5.74) is -0.700. The zero-order valence-electron chi connectivity index (χ0n) is 21.0. The Morgan fingerprint density at radius 2 is 1.67 bits per heavy atom. The molecule has 5 aromatic rings. The number of carbonyl (C=O) groups is 2. The van der Waals surface area contributed by atoms with Gasteiger partial charge in [0.15, 0.2) is 16.4 Å². The van der Waals surface area contributed by atoms with Gasteiger partial charge in [0.25, 0.3) is 5.56 Å². The number of H-pyrrole nitrogens is 2. The van der Waals surface area contributed by atoms with Crippen LogP contribution in [-0.4, -0.2) is 46.2 Å². The fourth-order valence-electron chi connectivity index (χ4n) is 4.38. The number of aromatic nitrogens is 5. The van der Waals surface area contributed by atoms with E-state index in [0.717, 1.165) is 12.1 Å². The number of aromatic carboxylic acids is 2. The van der Waals surface area contributed by atoms with Crippen LogP contribution in [0.4, 0.5) is 0 Å².